The van der Waals surface area contributed by atoms with Crippen LogP contribution in [0.4, 0.5) is 0 Å². The predicted octanol–water partition coefficient (Wildman–Crippen LogP) is -1.65. The molecule has 44 heteroatoms. The van der Waals surface area contributed by atoms with Crippen molar-refractivity contribution in [1.29, 1.82) is 0 Å². The molecule has 6 rings (SSSR count). The van der Waals surface area contributed by atoms with E-state index in [9.17, 15) is 57.5 Å². The molecule has 149 heavy (non-hydrogen) atoms. The Kier molecular flexibility index (Phi) is 123. The van der Waals surface area contributed by atoms with Gasteiger partial charge in [0.05, 0.1) is 33.0 Å². The van der Waals surface area contributed by atoms with Gasteiger partial charge in [0.15, 0.2) is 0 Å². The number of hydrogen-bond donors (Lipinski definition) is 5. The van der Waals surface area contributed by atoms with Crippen molar-refractivity contribution in [3.8, 4) is 0 Å². The first-order valence-corrected chi connectivity index (χ1v) is 52.0. The van der Waals surface area contributed by atoms with Gasteiger partial charge in [-0.2, -0.15) is 0 Å². The molecule has 5 N–H and O–H groups in total. The Morgan fingerprint density at radius 1 is 0.302 bits per heavy atom. The second-order valence-electron chi connectivity index (χ2n) is 39.1. The fourth-order valence-corrected chi connectivity index (χ4v) is 11.6. The van der Waals surface area contributed by atoms with Gasteiger partial charge in [-0.15, -0.1) is 0 Å². The van der Waals surface area contributed by atoms with Crippen LogP contribution in [0.5, 0.6) is 0 Å². The average Bonchev–Trinajstić information content (AvgIpc) is 1.51. The number of likely N-dealkylation sites (tertiary alicyclic amines) is 2. The van der Waals surface area contributed by atoms with E-state index in [-0.39, 0.29) is 19.8 Å². The van der Waals surface area contributed by atoms with Gasteiger partial charge in [0.25, 0.3) is 0 Å². The van der Waals surface area contributed by atoms with Crippen molar-refractivity contribution in [2.75, 3.05) is 488 Å². The lowest BCUT2D eigenvalue weighted by molar-refractivity contribution is -0.143. The van der Waals surface area contributed by atoms with Crippen LogP contribution in [0, 0.1) is 0 Å². The van der Waals surface area contributed by atoms with Gasteiger partial charge in [-0.1, -0.05) is 30.3 Å². The van der Waals surface area contributed by atoms with E-state index < -0.39 is 11.8 Å². The lowest BCUT2D eigenvalue weighted by Gasteiger charge is -2.32. The molecule has 2 aromatic rings. The summed E-state index contributed by atoms with van der Waals surface area (Å²) < 4.78 is 4.90. The number of aliphatic hydroxyl groups is 3. The third kappa shape index (κ3) is 131. The van der Waals surface area contributed by atoms with Gasteiger partial charge in [-0.3, -0.25) is 67.4 Å². The number of amides is 12. The summed E-state index contributed by atoms with van der Waals surface area (Å²) in [4.78, 5) is 175. The first kappa shape index (κ1) is 158. The predicted molar refractivity (Wildman–Crippen MR) is 610 cm³/mol. The number of hydrogen-bond acceptors (Lipinski definition) is 32. The number of pyridine rings is 1. The maximum atomic E-state index is 10.6. The molecule has 0 bridgehead atoms. The zero-order valence-corrected chi connectivity index (χ0v) is 99.6. The highest BCUT2D eigenvalue weighted by atomic mass is 16.5. The summed E-state index contributed by atoms with van der Waals surface area (Å²) >= 11 is 0. The minimum atomic E-state index is -0.583. The number of aliphatic hydroxyl groups excluding tert-OH is 3. The van der Waals surface area contributed by atoms with E-state index in [1.165, 1.54) is 125 Å². The minimum absolute atomic E-state index is 0.0325. The maximum Gasteiger partial charge on any atom is 0.311 e. The number of benzene rings is 1. The summed E-state index contributed by atoms with van der Waals surface area (Å²) in [6.07, 6.45) is 23.5. The van der Waals surface area contributed by atoms with Crippen LogP contribution in [0.15, 0.2) is 54.9 Å². The normalized spacial score (nSPS) is 12.9. The Labute approximate surface area is 905 Å². The molecule has 0 saturated carbocycles. The Balaban J connectivity index is -0.000000202. The largest absolute Gasteiger partial charge is 0.395 e. The SMILES string of the molecule is CN(C)CCCN(C)C=O.CN(C)CCCN(C)C=O.CN(C)CCN(C)C.CN(C)CCN(C)C=O.CN(C)CCO.CN(C)CCc1ccccc1.CN(C=O)CCCN1CCCC1.CN(C=O)CCCN1CCN(C)CC1.CN(C=O)CCN1CCCC1.CN(C=O)CCN1CCN(C)CC1.CN(C=O)CCO.CN(C=O)CCOCCO.CN(C=O)CCc1ccncc1.CNC(=O)C(=O)N(C)C.CNCCN(C)C. The molecule has 1 aromatic carbocycles. The maximum absolute atomic E-state index is 10.6. The highest BCUT2D eigenvalue weighted by Crippen LogP contribution is 2.09. The number of nitrogens with zero attached hydrogens (tertiary/aromatic N) is 26. The molecule has 4 saturated heterocycles. The van der Waals surface area contributed by atoms with Crippen LogP contribution in [0.25, 0.3) is 0 Å². The van der Waals surface area contributed by atoms with Crippen molar-refractivity contribution in [1.82, 2.24) is 138 Å². The van der Waals surface area contributed by atoms with E-state index in [1.54, 1.807) is 93.9 Å². The van der Waals surface area contributed by atoms with Crippen LogP contribution in [-0.2, 0) is 75.1 Å². The van der Waals surface area contributed by atoms with Gasteiger partial charge in [0, 0.05) is 281 Å². The van der Waals surface area contributed by atoms with Crippen molar-refractivity contribution >= 4 is 75.9 Å². The number of aromatic nitrogens is 1. The van der Waals surface area contributed by atoms with Gasteiger partial charge < -0.3 is 148 Å². The molecule has 0 radical (unpaired) electrons. The Morgan fingerprint density at radius 2 is 0.591 bits per heavy atom. The molecule has 44 nitrogen and oxygen atoms in total. The summed E-state index contributed by atoms with van der Waals surface area (Å²) in [7, 11) is 61.1. The summed E-state index contributed by atoms with van der Waals surface area (Å²) in [6, 6.07) is 14.5. The molecule has 876 valence electrons. The first-order valence-electron chi connectivity index (χ1n) is 52.0. The smallest absolute Gasteiger partial charge is 0.311 e. The molecular weight excluding hydrogens is 1910 g/mol. The summed E-state index contributed by atoms with van der Waals surface area (Å²) in [5, 5.41) is 29.9. The van der Waals surface area contributed by atoms with Gasteiger partial charge in [-0.25, -0.2) is 0 Å². The summed E-state index contributed by atoms with van der Waals surface area (Å²) in [6.45, 7) is 36.7. The average molecular weight is 2130 g/mol. The molecule has 4 aliphatic rings. The number of carbonyl (C=O) groups is 12. The molecule has 4 fully saturated rings. The number of piperazine rings is 2. The van der Waals surface area contributed by atoms with Crippen molar-refractivity contribution in [3.63, 3.8) is 0 Å². The molecule has 5 heterocycles. The summed E-state index contributed by atoms with van der Waals surface area (Å²) in [5.74, 6) is -1.11. The second-order valence-corrected chi connectivity index (χ2v) is 39.1. The zero-order chi connectivity index (χ0) is 115. The van der Waals surface area contributed by atoms with Crippen LogP contribution in [0.2, 0.25) is 0 Å². The van der Waals surface area contributed by atoms with Crippen LogP contribution in [-0.4, -0.2) is 706 Å². The molecule has 4 aliphatic heterocycles. The lowest BCUT2D eigenvalue weighted by atomic mass is 10.1. The van der Waals surface area contributed by atoms with E-state index >= 15 is 0 Å². The highest BCUT2D eigenvalue weighted by molar-refractivity contribution is 6.34. The second kappa shape index (κ2) is 116. The van der Waals surface area contributed by atoms with E-state index in [2.05, 4.69) is 175 Å². The molecular formula is C105H220N28O16. The first-order chi connectivity index (χ1) is 70.6. The standard InChI is InChI=1S/C10H21N3O.C10H15N.C9H19N3O.C9H12N2O.C9H18N2O.C8H16N2O.2C7H16N2O.C6H14N2O.C6H16N2.C6H13NO3.C5H10N2O2.C5H14N2.C4H9NO2.C4H11NO/c1-11-6-8-13(9-7-11)5-3-4-12(2)10-14;1-11(2)9-8-10-6-4-3-5-7-10;1-10-3-6-12(7-4-10)8-5-11(2)9-13;1-11(8-12)7-4-9-2-5-10-6-3-9;1-10(9-12)5-4-8-11-6-2-3-7-11;1-9(8-11)6-7-10-4-2-3-5-10;2*1-8(2)5-4-6-9(3)7-10;1-7(2)4-5-8(3)6-9;1-7(2)5-6-8(3)4;1-7(6-9)2-4-10-5-3-8;1-6-4(8)5(9)7(2)3;1-6-4-5-7(2)3;1-5(4-7)2-3-6;1-5(2)3-4-6/h10H,3-9H2,1-2H3;3-7H,8-9H2,1-2H3;9H,3-8H2,1-2H3;2-3,5-6,8H,4,7H2,1H3;9H,2-8H2,1H3;8H,2-7H2,1H3;2*7H,4-6H2,1-3H3;6H,4-5H2,1-3H3;5-6H2,1-4H3;6,8H,2-5H2,1H3;1-3H3,(H,6,8);6H,4-5H2,1-3H3;4,6H,2-3H2,1H3;6H,3-4H2,1-2H3. The third-order valence-corrected chi connectivity index (χ3v) is 21.7. The highest BCUT2D eigenvalue weighted by Gasteiger charge is 2.17. The van der Waals surface area contributed by atoms with Crippen LogP contribution in [0.1, 0.15) is 62.5 Å². The Hall–Kier alpha value is -8.75. The number of rotatable bonds is 56. The van der Waals surface area contributed by atoms with Crippen LogP contribution < -0.4 is 10.6 Å². The molecule has 0 atom stereocenters. The molecule has 12 amide bonds. The van der Waals surface area contributed by atoms with E-state index in [1.807, 2.05) is 114 Å². The van der Waals surface area contributed by atoms with Gasteiger partial charge in [-0.05, 0) is 274 Å². The molecule has 0 spiro atoms. The van der Waals surface area contributed by atoms with Crippen molar-refractivity contribution < 1.29 is 77.6 Å². The molecule has 1 aromatic heterocycles. The number of nitrogens with one attached hydrogen (secondary N) is 2. The van der Waals surface area contributed by atoms with Crippen LogP contribution in [0.3, 0.4) is 0 Å². The van der Waals surface area contributed by atoms with Gasteiger partial charge in [0.1, 0.15) is 0 Å². The lowest BCUT2D eigenvalue weighted by Crippen LogP contribution is -2.46. The minimum Gasteiger partial charge on any atom is -0.395 e. The fourth-order valence-electron chi connectivity index (χ4n) is 11.6. The Bertz CT molecular complexity index is 3200. The van der Waals surface area contributed by atoms with Crippen molar-refractivity contribution in [2.24, 2.45) is 0 Å². The molecule has 0 unspecified atom stereocenters. The van der Waals surface area contributed by atoms with Gasteiger partial charge >= 0.3 is 11.8 Å². The Morgan fingerprint density at radius 3 is 0.886 bits per heavy atom. The topological polar surface area (TPSA) is 393 Å². The zero-order valence-electron chi connectivity index (χ0n) is 99.6. The van der Waals surface area contributed by atoms with Crippen molar-refractivity contribution in [2.45, 2.75) is 64.2 Å². The van der Waals surface area contributed by atoms with Crippen molar-refractivity contribution in [3.05, 3.63) is 66.0 Å². The number of carbonyl (C=O) groups excluding carboxylic acids is 12. The number of likely N-dealkylation sites (N-methyl/N-ethyl adjacent to an activating group) is 17. The quantitative estimate of drug-likeness (QED) is 0.0281. The monoisotopic (exact) mass is 2130 g/mol. The summed E-state index contributed by atoms with van der Waals surface area (Å²) in [5.41, 5.74) is 2.62. The van der Waals surface area contributed by atoms with E-state index in [0.717, 1.165) is 260 Å². The van der Waals surface area contributed by atoms with E-state index in [0.29, 0.717) is 32.7 Å². The van der Waals surface area contributed by atoms with Gasteiger partial charge in [0.2, 0.25) is 64.1 Å². The third-order valence-electron chi connectivity index (χ3n) is 21.7. The van der Waals surface area contributed by atoms with E-state index in [4.69, 9.17) is 20.1 Å². The number of ether oxygens (including phenoxy) is 1. The fraction of sp³-hybridized carbons (Fsp3) is 0.781. The van der Waals surface area contributed by atoms with Crippen LogP contribution >= 0.6 is 0 Å². The molecule has 0 aliphatic carbocycles.